The molecule has 1 atom stereocenters. The first kappa shape index (κ1) is 14.7. The molecule has 0 radical (unpaired) electrons. The number of aryl methyl sites for hydroxylation is 1. The second-order valence-electron chi connectivity index (χ2n) is 6.13. The SMILES string of the molecule is Cc1cccc(C2=CCNCC2OC(=O)C(C)(C)C)n1. The Balaban J connectivity index is 2.22. The van der Waals surface area contributed by atoms with Crippen LogP contribution in [0, 0.1) is 12.3 Å². The van der Waals surface area contributed by atoms with Gasteiger partial charge in [0.25, 0.3) is 0 Å². The smallest absolute Gasteiger partial charge is 0.311 e. The van der Waals surface area contributed by atoms with E-state index in [2.05, 4.69) is 10.3 Å². The Labute approximate surface area is 120 Å². The van der Waals surface area contributed by atoms with Gasteiger partial charge in [-0.2, -0.15) is 0 Å². The lowest BCUT2D eigenvalue weighted by atomic mass is 9.96. The Morgan fingerprint density at radius 1 is 1.40 bits per heavy atom. The molecule has 1 aromatic heterocycles. The van der Waals surface area contributed by atoms with Gasteiger partial charge < -0.3 is 10.1 Å². The molecule has 4 nitrogen and oxygen atoms in total. The Morgan fingerprint density at radius 3 is 2.80 bits per heavy atom. The number of nitrogens with zero attached hydrogens (tertiary/aromatic N) is 1. The number of esters is 1. The van der Waals surface area contributed by atoms with Gasteiger partial charge in [0.1, 0.15) is 6.10 Å². The summed E-state index contributed by atoms with van der Waals surface area (Å²) in [6, 6.07) is 5.90. The minimum Gasteiger partial charge on any atom is -0.456 e. The van der Waals surface area contributed by atoms with Crippen LogP contribution >= 0.6 is 0 Å². The highest BCUT2D eigenvalue weighted by Crippen LogP contribution is 2.24. The molecule has 0 aromatic carbocycles. The van der Waals surface area contributed by atoms with Crippen LogP contribution in [-0.4, -0.2) is 30.1 Å². The first-order valence-corrected chi connectivity index (χ1v) is 6.94. The average Bonchev–Trinajstić information content (AvgIpc) is 2.38. The van der Waals surface area contributed by atoms with E-state index in [-0.39, 0.29) is 12.1 Å². The van der Waals surface area contributed by atoms with E-state index >= 15 is 0 Å². The number of hydrogen-bond acceptors (Lipinski definition) is 4. The molecule has 0 aliphatic carbocycles. The van der Waals surface area contributed by atoms with E-state index in [0.29, 0.717) is 6.54 Å². The monoisotopic (exact) mass is 274 g/mol. The lowest BCUT2D eigenvalue weighted by Crippen LogP contribution is -2.39. The summed E-state index contributed by atoms with van der Waals surface area (Å²) in [5.41, 5.74) is 2.34. The van der Waals surface area contributed by atoms with Crippen molar-refractivity contribution in [1.29, 1.82) is 0 Å². The van der Waals surface area contributed by atoms with Gasteiger partial charge in [-0.3, -0.25) is 9.78 Å². The lowest BCUT2D eigenvalue weighted by Gasteiger charge is -2.28. The van der Waals surface area contributed by atoms with E-state index in [4.69, 9.17) is 4.74 Å². The number of carbonyl (C=O) groups excluding carboxylic acids is 1. The maximum Gasteiger partial charge on any atom is 0.311 e. The van der Waals surface area contributed by atoms with Crippen LogP contribution in [0.4, 0.5) is 0 Å². The normalized spacial score (nSPS) is 19.4. The molecule has 0 saturated heterocycles. The average molecular weight is 274 g/mol. The molecule has 20 heavy (non-hydrogen) atoms. The number of hydrogen-bond donors (Lipinski definition) is 1. The Hall–Kier alpha value is -1.68. The minimum absolute atomic E-state index is 0.190. The van der Waals surface area contributed by atoms with Crippen LogP contribution in [0.2, 0.25) is 0 Å². The molecule has 1 unspecified atom stereocenters. The first-order valence-electron chi connectivity index (χ1n) is 6.94. The highest BCUT2D eigenvalue weighted by molar-refractivity contribution is 5.78. The van der Waals surface area contributed by atoms with E-state index in [9.17, 15) is 4.79 Å². The van der Waals surface area contributed by atoms with Crippen molar-refractivity contribution in [1.82, 2.24) is 10.3 Å². The predicted octanol–water partition coefficient (Wildman–Crippen LogP) is 2.33. The first-order chi connectivity index (χ1) is 9.38. The molecule has 2 heterocycles. The molecule has 1 aromatic rings. The summed E-state index contributed by atoms with van der Waals surface area (Å²) in [7, 11) is 0. The van der Waals surface area contributed by atoms with E-state index in [1.54, 1.807) is 0 Å². The van der Waals surface area contributed by atoms with Gasteiger partial charge in [-0.15, -0.1) is 0 Å². The molecule has 1 aliphatic rings. The number of nitrogens with one attached hydrogen (secondary N) is 1. The van der Waals surface area contributed by atoms with Crippen molar-refractivity contribution in [3.8, 4) is 0 Å². The molecule has 0 spiro atoms. The van der Waals surface area contributed by atoms with Crippen LogP contribution in [0.3, 0.4) is 0 Å². The maximum absolute atomic E-state index is 12.1. The van der Waals surface area contributed by atoms with E-state index < -0.39 is 5.41 Å². The third kappa shape index (κ3) is 3.45. The molecule has 2 rings (SSSR count). The summed E-state index contributed by atoms with van der Waals surface area (Å²) >= 11 is 0. The fraction of sp³-hybridized carbons (Fsp3) is 0.500. The van der Waals surface area contributed by atoms with Crippen molar-refractivity contribution < 1.29 is 9.53 Å². The van der Waals surface area contributed by atoms with Gasteiger partial charge in [0.15, 0.2) is 0 Å². The topological polar surface area (TPSA) is 51.2 Å². The van der Waals surface area contributed by atoms with Crippen LogP contribution in [-0.2, 0) is 9.53 Å². The number of pyridine rings is 1. The fourth-order valence-electron chi connectivity index (χ4n) is 2.02. The summed E-state index contributed by atoms with van der Waals surface area (Å²) < 4.78 is 5.65. The molecule has 0 saturated carbocycles. The Kier molecular flexibility index (Phi) is 4.23. The van der Waals surface area contributed by atoms with Gasteiger partial charge >= 0.3 is 5.97 Å². The molecular weight excluding hydrogens is 252 g/mol. The van der Waals surface area contributed by atoms with Crippen LogP contribution in [0.5, 0.6) is 0 Å². The zero-order chi connectivity index (χ0) is 14.8. The van der Waals surface area contributed by atoms with Crippen LogP contribution < -0.4 is 5.32 Å². The number of carbonyl (C=O) groups is 1. The summed E-state index contributed by atoms with van der Waals surface area (Å²) in [5.74, 6) is -0.190. The van der Waals surface area contributed by atoms with Crippen LogP contribution in [0.25, 0.3) is 5.57 Å². The van der Waals surface area contributed by atoms with Crippen molar-refractivity contribution in [2.24, 2.45) is 5.41 Å². The number of rotatable bonds is 2. The van der Waals surface area contributed by atoms with Crippen LogP contribution in [0.15, 0.2) is 24.3 Å². The predicted molar refractivity (Wildman–Crippen MR) is 79.2 cm³/mol. The van der Waals surface area contributed by atoms with Crippen molar-refractivity contribution >= 4 is 11.5 Å². The summed E-state index contributed by atoms with van der Waals surface area (Å²) in [6.07, 6.45) is 1.77. The Morgan fingerprint density at radius 2 is 2.15 bits per heavy atom. The molecule has 0 bridgehead atoms. The minimum atomic E-state index is -0.497. The summed E-state index contributed by atoms with van der Waals surface area (Å²) in [6.45, 7) is 8.94. The zero-order valence-electron chi connectivity index (χ0n) is 12.6. The van der Waals surface area contributed by atoms with E-state index in [0.717, 1.165) is 23.5 Å². The summed E-state index contributed by atoms with van der Waals surface area (Å²) in [5, 5.41) is 3.22. The number of ether oxygens (including phenoxy) is 1. The molecule has 108 valence electrons. The zero-order valence-corrected chi connectivity index (χ0v) is 12.6. The largest absolute Gasteiger partial charge is 0.456 e. The second kappa shape index (κ2) is 5.75. The molecule has 0 fully saturated rings. The highest BCUT2D eigenvalue weighted by Gasteiger charge is 2.29. The van der Waals surface area contributed by atoms with Gasteiger partial charge in [-0.1, -0.05) is 12.1 Å². The van der Waals surface area contributed by atoms with Crippen molar-refractivity contribution in [2.75, 3.05) is 13.1 Å². The van der Waals surface area contributed by atoms with Crippen molar-refractivity contribution in [3.63, 3.8) is 0 Å². The standard InChI is InChI=1S/C16H22N2O2/c1-11-6-5-7-13(18-11)12-8-9-17-10-14(12)20-15(19)16(2,3)4/h5-8,14,17H,9-10H2,1-4H3. The molecular formula is C16H22N2O2. The van der Waals surface area contributed by atoms with Gasteiger partial charge in [-0.05, 0) is 39.8 Å². The third-order valence-electron chi connectivity index (χ3n) is 3.19. The van der Waals surface area contributed by atoms with Gasteiger partial charge in [0.2, 0.25) is 0 Å². The van der Waals surface area contributed by atoms with Crippen molar-refractivity contribution in [3.05, 3.63) is 35.7 Å². The fourth-order valence-corrected chi connectivity index (χ4v) is 2.02. The van der Waals surface area contributed by atoms with Crippen LogP contribution in [0.1, 0.15) is 32.2 Å². The van der Waals surface area contributed by atoms with Gasteiger partial charge in [0, 0.05) is 24.4 Å². The highest BCUT2D eigenvalue weighted by atomic mass is 16.5. The van der Waals surface area contributed by atoms with E-state index in [1.165, 1.54) is 0 Å². The van der Waals surface area contributed by atoms with Crippen molar-refractivity contribution in [2.45, 2.75) is 33.8 Å². The molecule has 1 aliphatic heterocycles. The second-order valence-corrected chi connectivity index (χ2v) is 6.13. The summed E-state index contributed by atoms with van der Waals surface area (Å²) in [4.78, 5) is 16.6. The molecule has 1 N–H and O–H groups in total. The Bertz CT molecular complexity index is 530. The molecule has 0 amide bonds. The van der Waals surface area contributed by atoms with E-state index in [1.807, 2.05) is 52.0 Å². The lowest BCUT2D eigenvalue weighted by molar-refractivity contribution is -0.155. The maximum atomic E-state index is 12.1. The molecule has 4 heteroatoms. The number of aromatic nitrogens is 1. The third-order valence-corrected chi connectivity index (χ3v) is 3.19. The van der Waals surface area contributed by atoms with Gasteiger partial charge in [0.05, 0.1) is 11.1 Å². The van der Waals surface area contributed by atoms with Gasteiger partial charge in [-0.25, -0.2) is 0 Å². The quantitative estimate of drug-likeness (QED) is 0.841.